The molecule has 0 saturated carbocycles. The van der Waals surface area contributed by atoms with Gasteiger partial charge in [0.25, 0.3) is 0 Å². The van der Waals surface area contributed by atoms with E-state index < -0.39 is 0 Å². The van der Waals surface area contributed by atoms with Gasteiger partial charge in [-0.25, -0.2) is 0 Å². The summed E-state index contributed by atoms with van der Waals surface area (Å²) in [7, 11) is 0. The maximum atomic E-state index is 6.10. The second-order valence-corrected chi connectivity index (χ2v) is 3.75. The predicted molar refractivity (Wildman–Crippen MR) is 63.0 cm³/mol. The topological polar surface area (TPSA) is 0 Å². The summed E-state index contributed by atoms with van der Waals surface area (Å²) in [6, 6.07) is 15.6. The second kappa shape index (κ2) is 4.04. The van der Waals surface area contributed by atoms with Gasteiger partial charge >= 0.3 is 1.43 Å². The molecule has 70 valence electrons. The van der Waals surface area contributed by atoms with Crippen molar-refractivity contribution in [2.45, 2.75) is 0 Å². The molecule has 2 rings (SSSR count). The Balaban J connectivity index is 0.00000112. The molecule has 0 N–H and O–H groups in total. The Morgan fingerprint density at radius 1 is 0.786 bits per heavy atom. The van der Waals surface area contributed by atoms with E-state index in [0.29, 0.717) is 10.0 Å². The van der Waals surface area contributed by atoms with Crippen LogP contribution < -0.4 is 0 Å². The molecule has 0 heterocycles. The maximum Gasteiger partial charge on any atom is 1.00 e. The summed E-state index contributed by atoms with van der Waals surface area (Å²) < 4.78 is 0. The number of benzene rings is 2. The van der Waals surface area contributed by atoms with Crippen LogP contribution in [0.3, 0.4) is 0 Å². The van der Waals surface area contributed by atoms with Crippen LogP contribution in [0.5, 0.6) is 0 Å². The summed E-state index contributed by atoms with van der Waals surface area (Å²) in [5.41, 5.74) is 2.06. The Morgan fingerprint density at radius 2 is 1.50 bits per heavy atom. The molecule has 0 saturated heterocycles. The van der Waals surface area contributed by atoms with Crippen molar-refractivity contribution in [1.29, 1.82) is 0 Å². The van der Waals surface area contributed by atoms with Crippen molar-refractivity contribution >= 4 is 23.2 Å². The van der Waals surface area contributed by atoms with Gasteiger partial charge in [-0.2, -0.15) is 0 Å². The number of rotatable bonds is 1. The fraction of sp³-hybridized carbons (Fsp3) is 0. The van der Waals surface area contributed by atoms with Gasteiger partial charge < -0.3 is 0 Å². The Hall–Kier alpha value is -0.980. The lowest BCUT2D eigenvalue weighted by Gasteiger charge is -2.04. The molecule has 2 aromatic carbocycles. The Labute approximate surface area is 94.6 Å². The number of halogens is 2. The first kappa shape index (κ1) is 9.57. The van der Waals surface area contributed by atoms with E-state index in [1.807, 2.05) is 42.5 Å². The molecule has 0 aliphatic rings. The van der Waals surface area contributed by atoms with Gasteiger partial charge in [-0.1, -0.05) is 65.7 Å². The Kier molecular flexibility index (Phi) is 2.76. The van der Waals surface area contributed by atoms with Crippen LogP contribution in [-0.2, 0) is 0 Å². The zero-order valence-electron chi connectivity index (χ0n) is 8.37. The number of hydrogen-bond acceptors (Lipinski definition) is 0. The van der Waals surface area contributed by atoms with E-state index in [9.17, 15) is 0 Å². The molecule has 0 bridgehead atoms. The van der Waals surface area contributed by atoms with Gasteiger partial charge in [0.15, 0.2) is 0 Å². The molecule has 0 fully saturated rings. The van der Waals surface area contributed by atoms with Crippen molar-refractivity contribution in [3.8, 4) is 11.1 Å². The minimum atomic E-state index is 0. The molecule has 0 atom stereocenters. The van der Waals surface area contributed by atoms with E-state index in [2.05, 4.69) is 0 Å². The molecule has 0 spiro atoms. The highest BCUT2D eigenvalue weighted by atomic mass is 35.5. The normalized spacial score (nSPS) is 10.1. The zero-order chi connectivity index (χ0) is 9.97. The molecule has 0 nitrogen and oxygen atoms in total. The van der Waals surface area contributed by atoms with Crippen molar-refractivity contribution in [1.82, 2.24) is 0 Å². The molecule has 14 heavy (non-hydrogen) atoms. The van der Waals surface area contributed by atoms with Crippen LogP contribution in [0, 0.1) is 0 Å². The van der Waals surface area contributed by atoms with E-state index in [0.717, 1.165) is 11.1 Å². The van der Waals surface area contributed by atoms with Gasteiger partial charge in [0.2, 0.25) is 0 Å². The SMILES string of the molecule is Clc1cccc(-c2ccccc2)c1Cl.[H+]. The van der Waals surface area contributed by atoms with Crippen LogP contribution in [0.25, 0.3) is 11.1 Å². The minimum Gasteiger partial charge on any atom is -0.0827 e. The van der Waals surface area contributed by atoms with Gasteiger partial charge in [-0.15, -0.1) is 0 Å². The van der Waals surface area contributed by atoms with Crippen LogP contribution in [0.15, 0.2) is 48.5 Å². The molecule has 0 unspecified atom stereocenters. The molecular weight excluding hydrogens is 215 g/mol. The summed E-state index contributed by atoms with van der Waals surface area (Å²) in [5, 5.41) is 1.20. The maximum absolute atomic E-state index is 6.10. The summed E-state index contributed by atoms with van der Waals surface area (Å²) in [6.07, 6.45) is 0. The summed E-state index contributed by atoms with van der Waals surface area (Å²) >= 11 is 12.0. The summed E-state index contributed by atoms with van der Waals surface area (Å²) in [6.45, 7) is 0. The quantitative estimate of drug-likeness (QED) is 0.654. The highest BCUT2D eigenvalue weighted by Gasteiger charge is 2.05. The fourth-order valence-corrected chi connectivity index (χ4v) is 1.75. The van der Waals surface area contributed by atoms with Crippen molar-refractivity contribution in [2.24, 2.45) is 0 Å². The van der Waals surface area contributed by atoms with Crippen LogP contribution in [0.4, 0.5) is 0 Å². The first-order valence-corrected chi connectivity index (χ1v) is 5.04. The zero-order valence-corrected chi connectivity index (χ0v) is 8.89. The van der Waals surface area contributed by atoms with Crippen molar-refractivity contribution in [3.05, 3.63) is 58.6 Å². The average Bonchev–Trinajstić information content (AvgIpc) is 2.23. The predicted octanol–water partition coefficient (Wildman–Crippen LogP) is 4.77. The lowest BCUT2D eigenvalue weighted by Crippen LogP contribution is -1.79. The fourth-order valence-electron chi connectivity index (χ4n) is 1.34. The van der Waals surface area contributed by atoms with E-state index in [4.69, 9.17) is 23.2 Å². The largest absolute Gasteiger partial charge is 1.00 e. The third kappa shape index (κ3) is 1.77. The monoisotopic (exact) mass is 223 g/mol. The van der Waals surface area contributed by atoms with E-state index >= 15 is 0 Å². The molecular formula is C12H9Cl2+. The molecule has 0 aliphatic heterocycles. The third-order valence-corrected chi connectivity index (χ3v) is 2.86. The van der Waals surface area contributed by atoms with Gasteiger partial charge in [0.05, 0.1) is 10.0 Å². The van der Waals surface area contributed by atoms with Crippen molar-refractivity contribution in [3.63, 3.8) is 0 Å². The van der Waals surface area contributed by atoms with E-state index in [-0.39, 0.29) is 1.43 Å². The van der Waals surface area contributed by atoms with Gasteiger partial charge in [-0.3, -0.25) is 0 Å². The van der Waals surface area contributed by atoms with Crippen LogP contribution in [0.1, 0.15) is 1.43 Å². The number of hydrogen-bond donors (Lipinski definition) is 0. The summed E-state index contributed by atoms with van der Waals surface area (Å²) in [5.74, 6) is 0. The first-order chi connectivity index (χ1) is 6.79. The van der Waals surface area contributed by atoms with Gasteiger partial charge in [0, 0.05) is 5.56 Å². The molecule has 0 amide bonds. The Bertz CT molecular complexity index is 441. The van der Waals surface area contributed by atoms with Gasteiger partial charge in [0.1, 0.15) is 0 Å². The molecule has 2 aromatic rings. The second-order valence-electron chi connectivity index (χ2n) is 2.97. The van der Waals surface area contributed by atoms with Crippen LogP contribution in [-0.4, -0.2) is 0 Å². The van der Waals surface area contributed by atoms with Crippen molar-refractivity contribution in [2.75, 3.05) is 0 Å². The highest BCUT2D eigenvalue weighted by molar-refractivity contribution is 6.43. The van der Waals surface area contributed by atoms with Crippen LogP contribution >= 0.6 is 23.2 Å². The lowest BCUT2D eigenvalue weighted by atomic mass is 10.1. The molecule has 2 heteroatoms. The molecule has 0 radical (unpaired) electrons. The molecule has 0 aromatic heterocycles. The first-order valence-electron chi connectivity index (χ1n) is 4.28. The lowest BCUT2D eigenvalue weighted by molar-refractivity contribution is 1.62. The van der Waals surface area contributed by atoms with Crippen LogP contribution in [0.2, 0.25) is 10.0 Å². The van der Waals surface area contributed by atoms with Crippen molar-refractivity contribution < 1.29 is 1.43 Å². The Morgan fingerprint density at radius 3 is 2.21 bits per heavy atom. The smallest absolute Gasteiger partial charge is 0.0827 e. The van der Waals surface area contributed by atoms with E-state index in [1.165, 1.54) is 0 Å². The van der Waals surface area contributed by atoms with E-state index in [1.54, 1.807) is 6.07 Å². The van der Waals surface area contributed by atoms with Gasteiger partial charge in [-0.05, 0) is 11.6 Å². The highest BCUT2D eigenvalue weighted by Crippen LogP contribution is 2.32. The summed E-state index contributed by atoms with van der Waals surface area (Å²) in [4.78, 5) is 0. The molecule has 0 aliphatic carbocycles. The average molecular weight is 224 g/mol. The standard InChI is InChI=1S/C12H8Cl2/c13-11-8-4-7-10(12(11)14)9-5-2-1-3-6-9/h1-8H/p+1. The minimum absolute atomic E-state index is 0. The third-order valence-electron chi connectivity index (χ3n) is 2.04.